The summed E-state index contributed by atoms with van der Waals surface area (Å²) < 4.78 is 5.41. The summed E-state index contributed by atoms with van der Waals surface area (Å²) in [7, 11) is 0. The number of hydrogen-bond donors (Lipinski definition) is 1. The van der Waals surface area contributed by atoms with Crippen molar-refractivity contribution in [2.75, 3.05) is 32.8 Å². The number of carbonyl (C=O) groups excluding carboxylic acids is 1. The van der Waals surface area contributed by atoms with Gasteiger partial charge in [-0.1, -0.05) is 41.9 Å². The van der Waals surface area contributed by atoms with Crippen LogP contribution in [0.1, 0.15) is 22.0 Å². The normalized spacial score (nSPS) is 16.5. The molecule has 1 unspecified atom stereocenters. The van der Waals surface area contributed by atoms with E-state index < -0.39 is 0 Å². The van der Waals surface area contributed by atoms with E-state index in [0.717, 1.165) is 38.4 Å². The zero-order valence-electron chi connectivity index (χ0n) is 13.5. The first-order chi connectivity index (χ1) is 11.7. The van der Waals surface area contributed by atoms with E-state index in [9.17, 15) is 4.79 Å². The number of morpholine rings is 1. The maximum Gasteiger partial charge on any atom is 0.251 e. The van der Waals surface area contributed by atoms with Gasteiger partial charge in [-0.15, -0.1) is 0 Å². The van der Waals surface area contributed by atoms with Gasteiger partial charge in [0.25, 0.3) is 5.91 Å². The van der Waals surface area contributed by atoms with Crippen molar-refractivity contribution in [1.82, 2.24) is 10.2 Å². The molecule has 24 heavy (non-hydrogen) atoms. The predicted octanol–water partition coefficient (Wildman–Crippen LogP) is 3.14. The Bertz CT molecular complexity index is 655. The van der Waals surface area contributed by atoms with Crippen molar-refractivity contribution in [3.8, 4) is 0 Å². The van der Waals surface area contributed by atoms with Crippen LogP contribution in [-0.4, -0.2) is 43.7 Å². The lowest BCUT2D eigenvalue weighted by atomic mass is 10.1. The average Bonchev–Trinajstić information content (AvgIpc) is 2.63. The monoisotopic (exact) mass is 344 g/mol. The molecule has 3 rings (SSSR count). The number of nitrogens with zero attached hydrogens (tertiary/aromatic N) is 1. The van der Waals surface area contributed by atoms with Crippen molar-refractivity contribution in [3.63, 3.8) is 0 Å². The maximum atomic E-state index is 12.6. The summed E-state index contributed by atoms with van der Waals surface area (Å²) in [5, 5.41) is 3.78. The van der Waals surface area contributed by atoms with Crippen LogP contribution in [0.5, 0.6) is 0 Å². The average molecular weight is 345 g/mol. The SMILES string of the molecule is O=C(NC(CN1CCOCC1)c1ccccc1)c1ccc(Cl)cc1. The van der Waals surface area contributed by atoms with Crippen LogP contribution in [0.2, 0.25) is 5.02 Å². The van der Waals surface area contributed by atoms with Gasteiger partial charge in [0.05, 0.1) is 19.3 Å². The molecule has 1 aliphatic rings. The second-order valence-corrected chi connectivity index (χ2v) is 6.29. The lowest BCUT2D eigenvalue weighted by Crippen LogP contribution is -2.43. The maximum absolute atomic E-state index is 12.6. The van der Waals surface area contributed by atoms with Crippen LogP contribution in [-0.2, 0) is 4.74 Å². The lowest BCUT2D eigenvalue weighted by Gasteiger charge is -2.31. The molecule has 1 N–H and O–H groups in total. The first kappa shape index (κ1) is 17.0. The summed E-state index contributed by atoms with van der Waals surface area (Å²) in [6.45, 7) is 4.03. The summed E-state index contributed by atoms with van der Waals surface area (Å²) in [4.78, 5) is 14.9. The molecular formula is C19H21ClN2O2. The Balaban J connectivity index is 1.73. The molecule has 1 saturated heterocycles. The molecule has 2 aromatic carbocycles. The fraction of sp³-hybridized carbons (Fsp3) is 0.316. The van der Waals surface area contributed by atoms with Gasteiger partial charge in [0.15, 0.2) is 0 Å². The van der Waals surface area contributed by atoms with Crippen LogP contribution in [0.3, 0.4) is 0 Å². The molecule has 0 saturated carbocycles. The highest BCUT2D eigenvalue weighted by Crippen LogP contribution is 2.17. The van der Waals surface area contributed by atoms with Crippen LogP contribution < -0.4 is 5.32 Å². The minimum absolute atomic E-state index is 0.0625. The number of benzene rings is 2. The zero-order valence-corrected chi connectivity index (χ0v) is 14.2. The minimum Gasteiger partial charge on any atom is -0.379 e. The van der Waals surface area contributed by atoms with Crippen LogP contribution in [0.25, 0.3) is 0 Å². The topological polar surface area (TPSA) is 41.6 Å². The van der Waals surface area contributed by atoms with E-state index in [1.807, 2.05) is 30.3 Å². The Morgan fingerprint density at radius 3 is 2.42 bits per heavy atom. The molecule has 2 aromatic rings. The van der Waals surface area contributed by atoms with E-state index in [-0.39, 0.29) is 11.9 Å². The molecule has 1 atom stereocenters. The van der Waals surface area contributed by atoms with E-state index >= 15 is 0 Å². The summed E-state index contributed by atoms with van der Waals surface area (Å²) in [5.41, 5.74) is 1.72. The van der Waals surface area contributed by atoms with Crippen molar-refractivity contribution >= 4 is 17.5 Å². The van der Waals surface area contributed by atoms with Gasteiger partial charge in [-0.3, -0.25) is 9.69 Å². The van der Waals surface area contributed by atoms with Gasteiger partial charge in [0.1, 0.15) is 0 Å². The van der Waals surface area contributed by atoms with Crippen molar-refractivity contribution < 1.29 is 9.53 Å². The Morgan fingerprint density at radius 2 is 1.75 bits per heavy atom. The second kappa shape index (κ2) is 8.29. The van der Waals surface area contributed by atoms with Crippen molar-refractivity contribution in [2.45, 2.75) is 6.04 Å². The number of halogens is 1. The quantitative estimate of drug-likeness (QED) is 0.906. The number of ether oxygens (including phenoxy) is 1. The molecule has 1 aliphatic heterocycles. The third-order valence-corrected chi connectivity index (χ3v) is 4.41. The molecule has 0 bridgehead atoms. The third-order valence-electron chi connectivity index (χ3n) is 4.16. The lowest BCUT2D eigenvalue weighted by molar-refractivity contribution is 0.0332. The second-order valence-electron chi connectivity index (χ2n) is 5.86. The highest BCUT2D eigenvalue weighted by molar-refractivity contribution is 6.30. The van der Waals surface area contributed by atoms with Crippen molar-refractivity contribution in [3.05, 3.63) is 70.7 Å². The molecule has 0 aliphatic carbocycles. The van der Waals surface area contributed by atoms with Gasteiger partial charge in [-0.2, -0.15) is 0 Å². The van der Waals surface area contributed by atoms with Gasteiger partial charge < -0.3 is 10.1 Å². The number of nitrogens with one attached hydrogen (secondary N) is 1. The minimum atomic E-state index is -0.0891. The first-order valence-corrected chi connectivity index (χ1v) is 8.51. The molecule has 4 nitrogen and oxygen atoms in total. The summed E-state index contributed by atoms with van der Waals surface area (Å²) in [6, 6.07) is 17.0. The number of amides is 1. The largest absolute Gasteiger partial charge is 0.379 e. The van der Waals surface area contributed by atoms with E-state index in [2.05, 4.69) is 10.2 Å². The van der Waals surface area contributed by atoms with E-state index in [0.29, 0.717) is 10.6 Å². The number of carbonyl (C=O) groups is 1. The molecule has 0 spiro atoms. The molecule has 0 radical (unpaired) electrons. The highest BCUT2D eigenvalue weighted by atomic mass is 35.5. The van der Waals surface area contributed by atoms with Crippen LogP contribution >= 0.6 is 11.6 Å². The molecule has 1 amide bonds. The van der Waals surface area contributed by atoms with E-state index in [1.54, 1.807) is 24.3 Å². The Kier molecular flexibility index (Phi) is 5.86. The van der Waals surface area contributed by atoms with Gasteiger partial charge in [-0.25, -0.2) is 0 Å². The molecule has 1 fully saturated rings. The van der Waals surface area contributed by atoms with Gasteiger partial charge >= 0.3 is 0 Å². The molecular weight excluding hydrogens is 324 g/mol. The molecule has 126 valence electrons. The first-order valence-electron chi connectivity index (χ1n) is 8.14. The standard InChI is InChI=1S/C19H21ClN2O2/c20-17-8-6-16(7-9-17)19(23)21-18(15-4-2-1-3-5-15)14-22-10-12-24-13-11-22/h1-9,18H,10-14H2,(H,21,23). The van der Waals surface area contributed by atoms with E-state index in [4.69, 9.17) is 16.3 Å². The van der Waals surface area contributed by atoms with Gasteiger partial charge in [0, 0.05) is 30.2 Å². The molecule has 5 heteroatoms. The third kappa shape index (κ3) is 4.57. The zero-order chi connectivity index (χ0) is 16.8. The van der Waals surface area contributed by atoms with Gasteiger partial charge in [-0.05, 0) is 29.8 Å². The van der Waals surface area contributed by atoms with E-state index in [1.165, 1.54) is 0 Å². The fourth-order valence-electron chi connectivity index (χ4n) is 2.80. The number of hydrogen-bond acceptors (Lipinski definition) is 3. The number of rotatable bonds is 5. The smallest absolute Gasteiger partial charge is 0.251 e. The summed E-state index contributed by atoms with van der Waals surface area (Å²) in [6.07, 6.45) is 0. The molecule has 1 heterocycles. The van der Waals surface area contributed by atoms with Gasteiger partial charge in [0.2, 0.25) is 0 Å². The Morgan fingerprint density at radius 1 is 1.08 bits per heavy atom. The van der Waals surface area contributed by atoms with Crippen molar-refractivity contribution in [2.24, 2.45) is 0 Å². The van der Waals surface area contributed by atoms with Crippen LogP contribution in [0.15, 0.2) is 54.6 Å². The van der Waals surface area contributed by atoms with Crippen LogP contribution in [0.4, 0.5) is 0 Å². The summed E-state index contributed by atoms with van der Waals surface area (Å²) >= 11 is 5.90. The van der Waals surface area contributed by atoms with Crippen molar-refractivity contribution in [1.29, 1.82) is 0 Å². The Labute approximate surface area is 147 Å². The predicted molar refractivity (Wildman–Crippen MR) is 95.4 cm³/mol. The highest BCUT2D eigenvalue weighted by Gasteiger charge is 2.20. The Hall–Kier alpha value is -1.88. The summed E-state index contributed by atoms with van der Waals surface area (Å²) in [5.74, 6) is -0.0891. The fourth-order valence-corrected chi connectivity index (χ4v) is 2.93. The molecule has 0 aromatic heterocycles. The van der Waals surface area contributed by atoms with Crippen LogP contribution in [0, 0.1) is 0 Å².